The summed E-state index contributed by atoms with van der Waals surface area (Å²) in [6, 6.07) is 16.8. The molecule has 0 aliphatic heterocycles. The molecule has 178 valence electrons. The van der Waals surface area contributed by atoms with Gasteiger partial charge in [-0.05, 0) is 55.5 Å². The lowest BCUT2D eigenvalue weighted by atomic mass is 10.1. The summed E-state index contributed by atoms with van der Waals surface area (Å²) in [4.78, 5) is 7.35. The number of nitrogens with zero attached hydrogens (tertiary/aromatic N) is 3. The van der Waals surface area contributed by atoms with E-state index in [2.05, 4.69) is 73.6 Å². The average Bonchev–Trinajstić information content (AvgIpc) is 3.11. The van der Waals surface area contributed by atoms with Crippen molar-refractivity contribution >= 4 is 11.6 Å². The Balaban J connectivity index is 1.93. The standard InChI is InChI=1S/C28H38ClN3O/c1-6-7-17-32-26(27(29)30-28(32)25-11-9-8-10-22(25)4)20-31(18-16-21(2)3)19-23-12-14-24(33-5)15-13-23/h8-15,21H,6-7,16-20H2,1-5H3. The summed E-state index contributed by atoms with van der Waals surface area (Å²) in [6.45, 7) is 12.5. The van der Waals surface area contributed by atoms with Crippen molar-refractivity contribution in [2.24, 2.45) is 5.92 Å². The van der Waals surface area contributed by atoms with E-state index in [1.54, 1.807) is 7.11 Å². The van der Waals surface area contributed by atoms with E-state index >= 15 is 0 Å². The quantitative estimate of drug-likeness (QED) is 0.278. The van der Waals surface area contributed by atoms with Crippen molar-refractivity contribution in [2.45, 2.75) is 66.6 Å². The number of benzene rings is 2. The fourth-order valence-electron chi connectivity index (χ4n) is 4.05. The molecule has 0 fully saturated rings. The van der Waals surface area contributed by atoms with Crippen molar-refractivity contribution in [3.8, 4) is 17.1 Å². The predicted octanol–water partition coefficient (Wildman–Crippen LogP) is 7.37. The summed E-state index contributed by atoms with van der Waals surface area (Å²) < 4.78 is 7.68. The minimum Gasteiger partial charge on any atom is -0.497 e. The number of hydrogen-bond donors (Lipinski definition) is 0. The maximum absolute atomic E-state index is 6.81. The number of halogens is 1. The van der Waals surface area contributed by atoms with Gasteiger partial charge in [0, 0.05) is 25.2 Å². The Labute approximate surface area is 204 Å². The number of unbranched alkanes of at least 4 members (excludes halogenated alkanes) is 1. The zero-order valence-corrected chi connectivity index (χ0v) is 21.5. The second-order valence-electron chi connectivity index (χ2n) is 9.23. The molecule has 5 heteroatoms. The number of imidazole rings is 1. The van der Waals surface area contributed by atoms with Gasteiger partial charge in [0.05, 0.1) is 12.8 Å². The van der Waals surface area contributed by atoms with Crippen molar-refractivity contribution in [3.05, 3.63) is 70.5 Å². The molecule has 2 aromatic carbocycles. The van der Waals surface area contributed by atoms with Gasteiger partial charge < -0.3 is 9.30 Å². The zero-order chi connectivity index (χ0) is 23.8. The molecule has 3 aromatic rings. The summed E-state index contributed by atoms with van der Waals surface area (Å²) in [7, 11) is 1.70. The van der Waals surface area contributed by atoms with Crippen LogP contribution in [0.2, 0.25) is 5.15 Å². The molecule has 4 nitrogen and oxygen atoms in total. The van der Waals surface area contributed by atoms with Crippen LogP contribution in [0, 0.1) is 12.8 Å². The number of ether oxygens (including phenoxy) is 1. The van der Waals surface area contributed by atoms with Crippen molar-refractivity contribution < 1.29 is 4.74 Å². The van der Waals surface area contributed by atoms with Crippen molar-refractivity contribution in [2.75, 3.05) is 13.7 Å². The van der Waals surface area contributed by atoms with E-state index in [1.807, 2.05) is 12.1 Å². The molecule has 33 heavy (non-hydrogen) atoms. The number of rotatable bonds is 12. The average molecular weight is 468 g/mol. The lowest BCUT2D eigenvalue weighted by Gasteiger charge is -2.25. The van der Waals surface area contributed by atoms with Gasteiger partial charge in [0.2, 0.25) is 0 Å². The van der Waals surface area contributed by atoms with Gasteiger partial charge in [-0.2, -0.15) is 0 Å². The monoisotopic (exact) mass is 467 g/mol. The van der Waals surface area contributed by atoms with Gasteiger partial charge in [-0.3, -0.25) is 4.90 Å². The summed E-state index contributed by atoms with van der Waals surface area (Å²) in [5.41, 5.74) is 4.76. The van der Waals surface area contributed by atoms with Crippen LogP contribution in [0.5, 0.6) is 5.75 Å². The van der Waals surface area contributed by atoms with Crippen LogP contribution in [0.3, 0.4) is 0 Å². The normalized spacial score (nSPS) is 11.5. The smallest absolute Gasteiger partial charge is 0.152 e. The molecule has 1 aromatic heterocycles. The highest BCUT2D eigenvalue weighted by Crippen LogP contribution is 2.30. The van der Waals surface area contributed by atoms with Crippen LogP contribution in [0.15, 0.2) is 48.5 Å². The van der Waals surface area contributed by atoms with Crippen LogP contribution in [0.1, 0.15) is 56.9 Å². The Morgan fingerprint density at radius 1 is 1.06 bits per heavy atom. The third-order valence-electron chi connectivity index (χ3n) is 6.11. The maximum atomic E-state index is 6.81. The first-order valence-corrected chi connectivity index (χ1v) is 12.5. The van der Waals surface area contributed by atoms with Crippen LogP contribution >= 0.6 is 11.6 Å². The van der Waals surface area contributed by atoms with Gasteiger partial charge in [-0.15, -0.1) is 0 Å². The van der Waals surface area contributed by atoms with E-state index in [1.165, 1.54) is 11.1 Å². The summed E-state index contributed by atoms with van der Waals surface area (Å²) >= 11 is 6.81. The lowest BCUT2D eigenvalue weighted by molar-refractivity contribution is 0.235. The Hall–Kier alpha value is -2.30. The molecule has 0 saturated heterocycles. The minimum atomic E-state index is 0.619. The maximum Gasteiger partial charge on any atom is 0.152 e. The Morgan fingerprint density at radius 2 is 1.79 bits per heavy atom. The van der Waals surface area contributed by atoms with Crippen LogP contribution in [0.25, 0.3) is 11.4 Å². The lowest BCUT2D eigenvalue weighted by Crippen LogP contribution is -2.26. The van der Waals surface area contributed by atoms with Gasteiger partial charge in [0.15, 0.2) is 5.15 Å². The molecule has 0 bridgehead atoms. The minimum absolute atomic E-state index is 0.619. The predicted molar refractivity (Wildman–Crippen MR) is 139 cm³/mol. The molecule has 0 saturated carbocycles. The number of methoxy groups -OCH3 is 1. The first-order valence-electron chi connectivity index (χ1n) is 12.1. The summed E-state index contributed by atoms with van der Waals surface area (Å²) in [5, 5.41) is 0.619. The second-order valence-corrected chi connectivity index (χ2v) is 9.59. The Morgan fingerprint density at radius 3 is 2.42 bits per heavy atom. The summed E-state index contributed by atoms with van der Waals surface area (Å²) in [6.07, 6.45) is 3.37. The fraction of sp³-hybridized carbons (Fsp3) is 0.464. The first kappa shape index (κ1) is 25.3. The number of hydrogen-bond acceptors (Lipinski definition) is 3. The van der Waals surface area contributed by atoms with Crippen LogP contribution in [0.4, 0.5) is 0 Å². The van der Waals surface area contributed by atoms with Gasteiger partial charge >= 0.3 is 0 Å². The van der Waals surface area contributed by atoms with E-state index in [0.717, 1.165) is 68.3 Å². The zero-order valence-electron chi connectivity index (χ0n) is 20.8. The molecule has 0 radical (unpaired) electrons. The molecular formula is C28H38ClN3O. The van der Waals surface area contributed by atoms with Gasteiger partial charge in [0.1, 0.15) is 11.6 Å². The van der Waals surface area contributed by atoms with Crippen molar-refractivity contribution in [3.63, 3.8) is 0 Å². The van der Waals surface area contributed by atoms with Crippen LogP contribution < -0.4 is 4.74 Å². The molecule has 0 N–H and O–H groups in total. The topological polar surface area (TPSA) is 30.3 Å². The molecule has 0 amide bonds. The van der Waals surface area contributed by atoms with Crippen LogP contribution in [-0.2, 0) is 19.6 Å². The largest absolute Gasteiger partial charge is 0.497 e. The van der Waals surface area contributed by atoms with Crippen molar-refractivity contribution in [1.82, 2.24) is 14.5 Å². The molecule has 0 aliphatic carbocycles. The molecule has 0 unspecified atom stereocenters. The van der Waals surface area contributed by atoms with Gasteiger partial charge in [-0.1, -0.05) is 75.2 Å². The molecule has 0 atom stereocenters. The van der Waals surface area contributed by atoms with E-state index < -0.39 is 0 Å². The molecule has 0 spiro atoms. The SMILES string of the molecule is CCCCn1c(-c2ccccc2C)nc(Cl)c1CN(CCC(C)C)Cc1ccc(OC)cc1. The molecule has 1 heterocycles. The highest BCUT2D eigenvalue weighted by molar-refractivity contribution is 6.30. The van der Waals surface area contributed by atoms with Gasteiger partial charge in [-0.25, -0.2) is 4.98 Å². The van der Waals surface area contributed by atoms with E-state index in [9.17, 15) is 0 Å². The first-order chi connectivity index (χ1) is 15.9. The van der Waals surface area contributed by atoms with E-state index in [4.69, 9.17) is 21.3 Å². The Kier molecular flexibility index (Phi) is 9.40. The molecule has 3 rings (SSSR count). The van der Waals surface area contributed by atoms with Gasteiger partial charge in [0.25, 0.3) is 0 Å². The summed E-state index contributed by atoms with van der Waals surface area (Å²) in [5.74, 6) is 2.51. The highest BCUT2D eigenvalue weighted by Gasteiger charge is 2.21. The third kappa shape index (κ3) is 6.84. The van der Waals surface area contributed by atoms with Crippen molar-refractivity contribution in [1.29, 1.82) is 0 Å². The number of aromatic nitrogens is 2. The fourth-order valence-corrected chi connectivity index (χ4v) is 4.29. The second kappa shape index (κ2) is 12.2. The molecular weight excluding hydrogens is 430 g/mol. The third-order valence-corrected chi connectivity index (χ3v) is 6.41. The van der Waals surface area contributed by atoms with E-state index in [0.29, 0.717) is 11.1 Å². The number of aryl methyl sites for hydroxylation is 1. The molecule has 0 aliphatic rings. The van der Waals surface area contributed by atoms with Crippen LogP contribution in [-0.4, -0.2) is 28.1 Å². The Bertz CT molecular complexity index is 1010. The van der Waals surface area contributed by atoms with E-state index in [-0.39, 0.29) is 0 Å². The highest BCUT2D eigenvalue weighted by atomic mass is 35.5.